The lowest BCUT2D eigenvalue weighted by molar-refractivity contribution is 0.589. The number of hydrogen-bond donors (Lipinski definition) is 2. The molecule has 3 aromatic carbocycles. The van der Waals surface area contributed by atoms with E-state index >= 15 is 0 Å². The van der Waals surface area contributed by atoms with Crippen molar-refractivity contribution in [1.82, 2.24) is 0 Å². The molecule has 182 valence electrons. The van der Waals surface area contributed by atoms with Gasteiger partial charge < -0.3 is 11.5 Å². The zero-order valence-electron chi connectivity index (χ0n) is 19.3. The van der Waals surface area contributed by atoms with Crippen LogP contribution in [-0.4, -0.2) is 43.0 Å². The first kappa shape index (κ1) is 25.7. The maximum absolute atomic E-state index is 13.3. The number of rotatable bonds is 10. The van der Waals surface area contributed by atoms with E-state index in [0.29, 0.717) is 11.4 Å². The van der Waals surface area contributed by atoms with Crippen molar-refractivity contribution in [3.8, 4) is 0 Å². The van der Waals surface area contributed by atoms with E-state index in [2.05, 4.69) is 0 Å². The lowest BCUT2D eigenvalue weighted by atomic mass is 10.2. The van der Waals surface area contributed by atoms with Gasteiger partial charge in [-0.25, -0.2) is 16.8 Å². The highest BCUT2D eigenvalue weighted by atomic mass is 32.2. The summed E-state index contributed by atoms with van der Waals surface area (Å²) in [7, 11) is -7.70. The summed E-state index contributed by atoms with van der Waals surface area (Å²) in [6, 6.07) is 19.5. The van der Waals surface area contributed by atoms with Crippen molar-refractivity contribution in [1.29, 1.82) is 0 Å². The molecule has 0 fully saturated rings. The maximum Gasteiger partial charge on any atom is 0.264 e. The molecule has 0 amide bonds. The van der Waals surface area contributed by atoms with E-state index in [1.54, 1.807) is 72.8 Å². The van der Waals surface area contributed by atoms with E-state index in [1.165, 1.54) is 8.61 Å². The highest BCUT2D eigenvalue weighted by Crippen LogP contribution is 2.29. The molecule has 0 saturated heterocycles. The van der Waals surface area contributed by atoms with Gasteiger partial charge in [-0.15, -0.1) is 0 Å². The van der Waals surface area contributed by atoms with Crippen LogP contribution in [0.2, 0.25) is 0 Å². The van der Waals surface area contributed by atoms with Crippen LogP contribution in [0, 0.1) is 13.8 Å². The molecule has 4 N–H and O–H groups in total. The molecule has 3 aromatic rings. The van der Waals surface area contributed by atoms with Gasteiger partial charge in [-0.1, -0.05) is 35.4 Å². The van der Waals surface area contributed by atoms with Crippen LogP contribution < -0.4 is 20.1 Å². The second-order valence-electron chi connectivity index (χ2n) is 7.87. The smallest absolute Gasteiger partial charge is 0.264 e. The van der Waals surface area contributed by atoms with Gasteiger partial charge in [0.05, 0.1) is 21.2 Å². The molecule has 0 bridgehead atoms. The van der Waals surface area contributed by atoms with Gasteiger partial charge in [-0.2, -0.15) is 0 Å². The summed E-state index contributed by atoms with van der Waals surface area (Å²) < 4.78 is 55.5. The van der Waals surface area contributed by atoms with E-state index in [0.717, 1.165) is 11.1 Å². The molecule has 34 heavy (non-hydrogen) atoms. The Labute approximate surface area is 201 Å². The fraction of sp³-hybridized carbons (Fsp3) is 0.250. The Balaban J connectivity index is 1.98. The third kappa shape index (κ3) is 5.41. The Kier molecular flexibility index (Phi) is 7.98. The molecule has 0 atom stereocenters. The fourth-order valence-electron chi connectivity index (χ4n) is 3.47. The molecule has 0 radical (unpaired) electrons. The highest BCUT2D eigenvalue weighted by Gasteiger charge is 2.27. The maximum atomic E-state index is 13.3. The topological polar surface area (TPSA) is 127 Å². The summed E-state index contributed by atoms with van der Waals surface area (Å²) in [4.78, 5) is 0.310. The zero-order chi connectivity index (χ0) is 24.9. The van der Waals surface area contributed by atoms with Gasteiger partial charge in [0.15, 0.2) is 0 Å². The SMILES string of the molecule is Cc1ccc(S(=O)(=O)N(CCN)c2ccc(N(CCN)S(=O)(=O)c3ccc(C)cc3)cc2)cc1. The third-order valence-corrected chi connectivity index (χ3v) is 8.99. The summed E-state index contributed by atoms with van der Waals surface area (Å²) in [6.07, 6.45) is 0. The van der Waals surface area contributed by atoms with Crippen molar-refractivity contribution < 1.29 is 16.8 Å². The van der Waals surface area contributed by atoms with Crippen molar-refractivity contribution in [2.75, 3.05) is 34.8 Å². The second kappa shape index (κ2) is 10.6. The van der Waals surface area contributed by atoms with Crippen molar-refractivity contribution >= 4 is 31.4 Å². The van der Waals surface area contributed by atoms with Gasteiger partial charge in [-0.3, -0.25) is 8.61 Å². The molecule has 3 rings (SSSR count). The van der Waals surface area contributed by atoms with Gasteiger partial charge in [0, 0.05) is 26.2 Å². The molecular weight excluding hydrogens is 472 g/mol. The van der Waals surface area contributed by atoms with E-state index in [1.807, 2.05) is 13.8 Å². The van der Waals surface area contributed by atoms with E-state index in [4.69, 9.17) is 11.5 Å². The lowest BCUT2D eigenvalue weighted by Crippen LogP contribution is -2.36. The van der Waals surface area contributed by atoms with Crippen molar-refractivity contribution in [3.63, 3.8) is 0 Å². The van der Waals surface area contributed by atoms with E-state index in [9.17, 15) is 16.8 Å². The molecule has 10 heteroatoms. The van der Waals surface area contributed by atoms with E-state index in [-0.39, 0.29) is 36.0 Å². The second-order valence-corrected chi connectivity index (χ2v) is 11.6. The van der Waals surface area contributed by atoms with Crippen LogP contribution in [0.4, 0.5) is 11.4 Å². The number of sulfonamides is 2. The van der Waals surface area contributed by atoms with Crippen molar-refractivity contribution in [2.24, 2.45) is 11.5 Å². The quantitative estimate of drug-likeness (QED) is 0.439. The van der Waals surface area contributed by atoms with Crippen molar-refractivity contribution in [3.05, 3.63) is 83.9 Å². The summed E-state index contributed by atoms with van der Waals surface area (Å²) in [6.45, 7) is 4.14. The number of nitrogens with two attached hydrogens (primary N) is 2. The fourth-order valence-corrected chi connectivity index (χ4v) is 6.43. The van der Waals surface area contributed by atoms with Crippen LogP contribution in [0.15, 0.2) is 82.6 Å². The molecule has 0 aliphatic rings. The standard InChI is InChI=1S/C24H30N4O4S2/c1-19-3-11-23(12-4-19)33(29,30)27(17-15-25)21-7-9-22(10-8-21)28(18-16-26)34(31,32)24-13-5-20(2)6-14-24/h3-14H,15-18,25-26H2,1-2H3. The molecule has 0 saturated carbocycles. The average Bonchev–Trinajstić information content (AvgIpc) is 2.81. The largest absolute Gasteiger partial charge is 0.329 e. The highest BCUT2D eigenvalue weighted by molar-refractivity contribution is 7.93. The average molecular weight is 503 g/mol. The summed E-state index contributed by atoms with van der Waals surface area (Å²) >= 11 is 0. The van der Waals surface area contributed by atoms with E-state index < -0.39 is 20.0 Å². The molecule has 0 aliphatic carbocycles. The number of hydrogen-bond acceptors (Lipinski definition) is 6. The zero-order valence-corrected chi connectivity index (χ0v) is 20.9. The van der Waals surface area contributed by atoms with Gasteiger partial charge in [0.2, 0.25) is 0 Å². The number of anilines is 2. The minimum atomic E-state index is -3.85. The predicted octanol–water partition coefficient (Wildman–Crippen LogP) is 2.61. The monoisotopic (exact) mass is 502 g/mol. The Morgan fingerprint density at radius 3 is 1.12 bits per heavy atom. The minimum absolute atomic E-state index is 0.0732. The first-order chi connectivity index (χ1) is 16.1. The third-order valence-electron chi connectivity index (χ3n) is 5.31. The normalized spacial score (nSPS) is 11.9. The lowest BCUT2D eigenvalue weighted by Gasteiger charge is -2.27. The first-order valence-electron chi connectivity index (χ1n) is 10.8. The number of aryl methyl sites for hydroxylation is 2. The Morgan fingerprint density at radius 1 is 0.559 bits per heavy atom. The molecule has 8 nitrogen and oxygen atoms in total. The van der Waals surface area contributed by atoms with Crippen LogP contribution in [0.5, 0.6) is 0 Å². The van der Waals surface area contributed by atoms with Crippen LogP contribution in [0.1, 0.15) is 11.1 Å². The van der Waals surface area contributed by atoms with Gasteiger partial charge in [-0.05, 0) is 62.4 Å². The first-order valence-corrected chi connectivity index (χ1v) is 13.7. The van der Waals surface area contributed by atoms with Crippen LogP contribution in [0.25, 0.3) is 0 Å². The minimum Gasteiger partial charge on any atom is -0.329 e. The summed E-state index contributed by atoms with van der Waals surface area (Å²) in [5.74, 6) is 0. The predicted molar refractivity (Wildman–Crippen MR) is 136 cm³/mol. The molecule has 0 unspecified atom stereocenters. The van der Waals surface area contributed by atoms with Crippen LogP contribution >= 0.6 is 0 Å². The Morgan fingerprint density at radius 2 is 0.853 bits per heavy atom. The summed E-state index contributed by atoms with van der Waals surface area (Å²) in [5.41, 5.74) is 14.1. The molecule has 0 heterocycles. The molecule has 0 spiro atoms. The number of nitrogens with zero attached hydrogens (tertiary/aromatic N) is 2. The molecule has 0 aliphatic heterocycles. The van der Waals surface area contributed by atoms with Gasteiger partial charge in [0.25, 0.3) is 20.0 Å². The molecule has 0 aromatic heterocycles. The van der Waals surface area contributed by atoms with Crippen molar-refractivity contribution in [2.45, 2.75) is 23.6 Å². The van der Waals surface area contributed by atoms with Gasteiger partial charge >= 0.3 is 0 Å². The molecular formula is C24H30N4O4S2. The van der Waals surface area contributed by atoms with Crippen LogP contribution in [0.3, 0.4) is 0 Å². The summed E-state index contributed by atoms with van der Waals surface area (Å²) in [5, 5.41) is 0. The Hall–Kier alpha value is -2.92. The van der Waals surface area contributed by atoms with Gasteiger partial charge in [0.1, 0.15) is 0 Å². The Bertz CT molecular complexity index is 1200. The number of benzene rings is 3. The van der Waals surface area contributed by atoms with Crippen LogP contribution in [-0.2, 0) is 20.0 Å².